The Labute approximate surface area is 160 Å². The zero-order valence-corrected chi connectivity index (χ0v) is 16.4. The minimum atomic E-state index is 0.0932. The number of hydrogen-bond acceptors (Lipinski definition) is 3. The van der Waals surface area contributed by atoms with Crippen molar-refractivity contribution in [2.75, 3.05) is 6.61 Å². The fourth-order valence-corrected chi connectivity index (χ4v) is 4.81. The van der Waals surface area contributed by atoms with Crippen molar-refractivity contribution >= 4 is 11.3 Å². The molecule has 1 aliphatic heterocycles. The van der Waals surface area contributed by atoms with Gasteiger partial charge >= 0.3 is 0 Å². The predicted molar refractivity (Wildman–Crippen MR) is 109 cm³/mol. The first-order valence-corrected chi connectivity index (χ1v) is 10.3. The van der Waals surface area contributed by atoms with Crippen molar-refractivity contribution in [2.45, 2.75) is 45.6 Å². The van der Waals surface area contributed by atoms with Gasteiger partial charge in [0.15, 0.2) is 17.6 Å². The van der Waals surface area contributed by atoms with E-state index in [4.69, 9.17) is 9.47 Å². The van der Waals surface area contributed by atoms with E-state index in [1.807, 2.05) is 12.1 Å². The number of fused-ring (bicyclic) bond motifs is 1. The molecule has 4 rings (SSSR count). The van der Waals surface area contributed by atoms with E-state index in [0.717, 1.165) is 24.3 Å². The molecule has 2 heterocycles. The molecule has 26 heavy (non-hydrogen) atoms. The molecule has 2 aliphatic rings. The third-order valence-electron chi connectivity index (χ3n) is 5.40. The minimum Gasteiger partial charge on any atom is -0.484 e. The molecule has 0 saturated carbocycles. The Morgan fingerprint density at radius 1 is 1.27 bits per heavy atom. The second kappa shape index (κ2) is 7.32. The summed E-state index contributed by atoms with van der Waals surface area (Å²) < 4.78 is 12.6. The van der Waals surface area contributed by atoms with Crippen molar-refractivity contribution in [3.63, 3.8) is 0 Å². The normalized spacial score (nSPS) is 19.4. The summed E-state index contributed by atoms with van der Waals surface area (Å²) in [4.78, 5) is 2.38. The lowest BCUT2D eigenvalue weighted by atomic mass is 9.97. The topological polar surface area (TPSA) is 18.5 Å². The van der Waals surface area contributed by atoms with Crippen LogP contribution in [0.1, 0.15) is 37.5 Å². The molecule has 0 N–H and O–H groups in total. The Morgan fingerprint density at radius 3 is 2.81 bits per heavy atom. The molecule has 2 aromatic rings. The third-order valence-corrected chi connectivity index (χ3v) is 6.51. The molecule has 136 valence electrons. The number of hydrogen-bond donors (Lipinski definition) is 0. The van der Waals surface area contributed by atoms with Crippen molar-refractivity contribution in [1.29, 1.82) is 0 Å². The summed E-state index contributed by atoms with van der Waals surface area (Å²) in [6.45, 7) is 8.91. The summed E-state index contributed by atoms with van der Waals surface area (Å²) in [5, 5.41) is 0. The Kier molecular flexibility index (Phi) is 4.90. The second-order valence-electron chi connectivity index (χ2n) is 7.24. The van der Waals surface area contributed by atoms with Gasteiger partial charge in [-0.1, -0.05) is 55.3 Å². The van der Waals surface area contributed by atoms with E-state index in [-0.39, 0.29) is 6.10 Å². The van der Waals surface area contributed by atoms with Crippen LogP contribution in [0.3, 0.4) is 0 Å². The van der Waals surface area contributed by atoms with Gasteiger partial charge in [-0.2, -0.15) is 0 Å². The molecule has 1 aromatic heterocycles. The van der Waals surface area contributed by atoms with Crippen LogP contribution in [0.2, 0.25) is 0 Å². The summed E-state index contributed by atoms with van der Waals surface area (Å²) in [7, 11) is 0. The van der Waals surface area contributed by atoms with Gasteiger partial charge in [0.1, 0.15) is 6.61 Å². The first kappa shape index (κ1) is 17.4. The molecule has 2 nitrogen and oxygen atoms in total. The molecular formula is C23H26O2S. The zero-order chi connectivity index (χ0) is 18.1. The molecule has 0 bridgehead atoms. The molecule has 1 aromatic carbocycles. The molecule has 2 atom stereocenters. The van der Waals surface area contributed by atoms with Crippen LogP contribution in [0.15, 0.2) is 54.1 Å². The highest BCUT2D eigenvalue weighted by molar-refractivity contribution is 7.16. The fraction of sp³-hybridized carbons (Fsp3) is 0.391. The SMILES string of the molecule is C=CCC(CC)CC1=C(C2COc3c(-c4ccccc4)sc(C)c3O2)C1. The summed E-state index contributed by atoms with van der Waals surface area (Å²) in [6, 6.07) is 10.4. The molecule has 0 saturated heterocycles. The van der Waals surface area contributed by atoms with E-state index in [2.05, 4.69) is 44.7 Å². The summed E-state index contributed by atoms with van der Waals surface area (Å²) in [5.41, 5.74) is 4.24. The van der Waals surface area contributed by atoms with Gasteiger partial charge in [-0.3, -0.25) is 0 Å². The van der Waals surface area contributed by atoms with E-state index >= 15 is 0 Å². The van der Waals surface area contributed by atoms with Crippen LogP contribution in [0, 0.1) is 12.8 Å². The van der Waals surface area contributed by atoms with E-state index in [1.54, 1.807) is 16.9 Å². The highest BCUT2D eigenvalue weighted by atomic mass is 32.1. The number of benzene rings is 1. The molecule has 1 aliphatic carbocycles. The highest BCUT2D eigenvalue weighted by Crippen LogP contribution is 2.52. The van der Waals surface area contributed by atoms with Gasteiger partial charge in [0.25, 0.3) is 0 Å². The van der Waals surface area contributed by atoms with Crippen LogP contribution in [-0.2, 0) is 0 Å². The largest absolute Gasteiger partial charge is 0.484 e. The summed E-state index contributed by atoms with van der Waals surface area (Å²) in [5.74, 6) is 2.59. The predicted octanol–water partition coefficient (Wildman–Crippen LogP) is 6.56. The van der Waals surface area contributed by atoms with Gasteiger partial charge in [-0.25, -0.2) is 0 Å². The van der Waals surface area contributed by atoms with Gasteiger partial charge < -0.3 is 9.47 Å². The highest BCUT2D eigenvalue weighted by Gasteiger charge is 2.37. The maximum atomic E-state index is 6.40. The van der Waals surface area contributed by atoms with E-state index in [0.29, 0.717) is 12.5 Å². The second-order valence-corrected chi connectivity index (χ2v) is 8.46. The number of allylic oxidation sites excluding steroid dienone is 2. The van der Waals surface area contributed by atoms with Crippen LogP contribution < -0.4 is 9.47 Å². The molecular weight excluding hydrogens is 340 g/mol. The van der Waals surface area contributed by atoms with Crippen LogP contribution in [0.5, 0.6) is 11.5 Å². The number of aryl methyl sites for hydroxylation is 1. The third kappa shape index (κ3) is 3.33. The van der Waals surface area contributed by atoms with Crippen LogP contribution >= 0.6 is 11.3 Å². The minimum absolute atomic E-state index is 0.0932. The quantitative estimate of drug-likeness (QED) is 0.517. The van der Waals surface area contributed by atoms with Crippen molar-refractivity contribution in [3.05, 3.63) is 59.0 Å². The van der Waals surface area contributed by atoms with E-state index in [9.17, 15) is 0 Å². The Morgan fingerprint density at radius 2 is 2.08 bits per heavy atom. The first-order chi connectivity index (χ1) is 12.7. The molecule has 3 heteroatoms. The molecule has 0 radical (unpaired) electrons. The van der Waals surface area contributed by atoms with Crippen LogP contribution in [0.4, 0.5) is 0 Å². The first-order valence-electron chi connectivity index (χ1n) is 9.51. The Bertz CT molecular complexity index is 831. The van der Waals surface area contributed by atoms with E-state index < -0.39 is 0 Å². The molecule has 0 fully saturated rings. The van der Waals surface area contributed by atoms with Crippen molar-refractivity contribution in [3.8, 4) is 21.9 Å². The monoisotopic (exact) mass is 366 g/mol. The van der Waals surface area contributed by atoms with Crippen molar-refractivity contribution < 1.29 is 9.47 Å². The molecule has 0 amide bonds. The van der Waals surface area contributed by atoms with Crippen LogP contribution in [0.25, 0.3) is 10.4 Å². The summed E-state index contributed by atoms with van der Waals surface area (Å²) in [6.07, 6.45) is 6.75. The molecule has 0 spiro atoms. The maximum absolute atomic E-state index is 6.40. The zero-order valence-electron chi connectivity index (χ0n) is 15.6. The van der Waals surface area contributed by atoms with E-state index in [1.165, 1.54) is 33.7 Å². The standard InChI is InChI=1S/C23H26O2S/c1-4-9-16(5-2)12-18-13-19(18)20-14-24-22-21(25-20)15(3)26-23(22)17-10-7-6-8-11-17/h4,6-8,10-11,16,20H,1,5,9,12-14H2,2-3H3. The Balaban J connectivity index is 1.51. The number of rotatable bonds is 7. The van der Waals surface area contributed by atoms with Gasteiger partial charge in [0, 0.05) is 4.88 Å². The van der Waals surface area contributed by atoms with Gasteiger partial charge in [0.05, 0.1) is 4.88 Å². The Hall–Kier alpha value is -2.00. The number of ether oxygens (including phenoxy) is 2. The average molecular weight is 367 g/mol. The lowest BCUT2D eigenvalue weighted by Crippen LogP contribution is -2.28. The smallest absolute Gasteiger partial charge is 0.180 e. The summed E-state index contributed by atoms with van der Waals surface area (Å²) >= 11 is 1.76. The number of thiophene rings is 1. The molecule has 2 unspecified atom stereocenters. The lowest BCUT2D eigenvalue weighted by Gasteiger charge is -2.24. The van der Waals surface area contributed by atoms with Gasteiger partial charge in [-0.05, 0) is 43.2 Å². The van der Waals surface area contributed by atoms with Crippen LogP contribution in [-0.4, -0.2) is 12.7 Å². The lowest BCUT2D eigenvalue weighted by molar-refractivity contribution is 0.119. The maximum Gasteiger partial charge on any atom is 0.180 e. The van der Waals surface area contributed by atoms with Crippen molar-refractivity contribution in [2.24, 2.45) is 5.92 Å². The van der Waals surface area contributed by atoms with Gasteiger partial charge in [0.2, 0.25) is 0 Å². The fourth-order valence-electron chi connectivity index (χ4n) is 3.77. The van der Waals surface area contributed by atoms with Crippen molar-refractivity contribution in [1.82, 2.24) is 0 Å². The van der Waals surface area contributed by atoms with Gasteiger partial charge in [-0.15, -0.1) is 17.9 Å². The average Bonchev–Trinajstić information content (AvgIpc) is 3.37.